The third-order valence-corrected chi connectivity index (χ3v) is 7.98. The first-order chi connectivity index (χ1) is 16.2. The van der Waals surface area contributed by atoms with Crippen LogP contribution in [0.3, 0.4) is 0 Å². The average molecular weight is 486 g/mol. The maximum absolute atomic E-state index is 13.0. The van der Waals surface area contributed by atoms with Crippen molar-refractivity contribution in [2.45, 2.75) is 56.8 Å². The van der Waals surface area contributed by atoms with Crippen LogP contribution in [0.4, 0.5) is 5.69 Å². The predicted octanol–water partition coefficient (Wildman–Crippen LogP) is 2.93. The van der Waals surface area contributed by atoms with Crippen LogP contribution in [0.5, 0.6) is 0 Å². The van der Waals surface area contributed by atoms with Crippen molar-refractivity contribution in [3.63, 3.8) is 0 Å². The molecule has 2 amide bonds. The van der Waals surface area contributed by atoms with Crippen LogP contribution in [0.15, 0.2) is 53.4 Å². The summed E-state index contributed by atoms with van der Waals surface area (Å²) in [6.45, 7) is 5.33. The molecule has 8 nitrogen and oxygen atoms in total. The summed E-state index contributed by atoms with van der Waals surface area (Å²) in [5.74, 6) is -0.166. The number of ether oxygens (including phenoxy) is 1. The molecule has 0 saturated carbocycles. The molecule has 2 saturated heterocycles. The third-order valence-electron chi connectivity index (χ3n) is 6.14. The highest BCUT2D eigenvalue weighted by molar-refractivity contribution is 7.89. The quantitative estimate of drug-likeness (QED) is 0.679. The summed E-state index contributed by atoms with van der Waals surface area (Å²) in [4.78, 5) is 26.8. The highest BCUT2D eigenvalue weighted by atomic mass is 32.2. The van der Waals surface area contributed by atoms with E-state index in [9.17, 15) is 18.0 Å². The van der Waals surface area contributed by atoms with Crippen molar-refractivity contribution in [3.05, 3.63) is 59.7 Å². The lowest BCUT2D eigenvalue weighted by Gasteiger charge is -2.34. The molecule has 2 heterocycles. The van der Waals surface area contributed by atoms with Gasteiger partial charge in [-0.15, -0.1) is 0 Å². The third kappa shape index (κ3) is 5.48. The van der Waals surface area contributed by atoms with Gasteiger partial charge in [0.2, 0.25) is 15.9 Å². The zero-order chi connectivity index (χ0) is 24.3. The van der Waals surface area contributed by atoms with Gasteiger partial charge in [-0.1, -0.05) is 12.1 Å². The molecule has 0 aromatic heterocycles. The Balaban J connectivity index is 1.39. The number of sulfonamides is 1. The van der Waals surface area contributed by atoms with Crippen molar-refractivity contribution in [1.82, 2.24) is 9.62 Å². The Hall–Kier alpha value is -2.75. The van der Waals surface area contributed by atoms with Gasteiger partial charge in [-0.2, -0.15) is 4.31 Å². The average Bonchev–Trinajstić information content (AvgIpc) is 2.82. The molecule has 0 spiro atoms. The summed E-state index contributed by atoms with van der Waals surface area (Å²) in [5, 5.41) is 2.87. The van der Waals surface area contributed by atoms with Gasteiger partial charge in [-0.05, 0) is 68.7 Å². The van der Waals surface area contributed by atoms with Crippen LogP contribution in [0.2, 0.25) is 0 Å². The smallest absolute Gasteiger partial charge is 0.251 e. The molecule has 2 fully saturated rings. The van der Waals surface area contributed by atoms with Crippen LogP contribution < -0.4 is 10.2 Å². The van der Waals surface area contributed by atoms with E-state index in [0.29, 0.717) is 38.2 Å². The number of nitrogens with zero attached hydrogens (tertiary/aromatic N) is 2. The fourth-order valence-corrected chi connectivity index (χ4v) is 6.04. The summed E-state index contributed by atoms with van der Waals surface area (Å²) >= 11 is 0. The first-order valence-corrected chi connectivity index (χ1v) is 13.1. The van der Waals surface area contributed by atoms with Gasteiger partial charge in [0.25, 0.3) is 5.91 Å². The summed E-state index contributed by atoms with van der Waals surface area (Å²) in [6, 6.07) is 13.6. The SMILES string of the molecule is CC1CN(S(=O)(=O)c2ccc(C(=O)NCc3cccc(N4CCCCC4=O)c3)cc2)CC(C)O1. The molecular weight excluding hydrogens is 454 g/mol. The first-order valence-electron chi connectivity index (χ1n) is 11.7. The second kappa shape index (κ2) is 10.2. The van der Waals surface area contributed by atoms with Gasteiger partial charge in [0.15, 0.2) is 0 Å². The second-order valence-corrected chi connectivity index (χ2v) is 10.9. The van der Waals surface area contributed by atoms with Gasteiger partial charge in [0.05, 0.1) is 17.1 Å². The van der Waals surface area contributed by atoms with Gasteiger partial charge < -0.3 is 15.0 Å². The molecule has 2 atom stereocenters. The van der Waals surface area contributed by atoms with Crippen molar-refractivity contribution in [3.8, 4) is 0 Å². The van der Waals surface area contributed by atoms with Gasteiger partial charge in [0.1, 0.15) is 0 Å². The van der Waals surface area contributed by atoms with Crippen molar-refractivity contribution in [2.75, 3.05) is 24.5 Å². The number of hydrogen-bond donors (Lipinski definition) is 1. The molecule has 0 aliphatic carbocycles. The molecule has 2 aliphatic heterocycles. The van der Waals surface area contributed by atoms with E-state index in [0.717, 1.165) is 24.1 Å². The number of benzene rings is 2. The fraction of sp³-hybridized carbons (Fsp3) is 0.440. The van der Waals surface area contributed by atoms with Crippen LogP contribution in [0.1, 0.15) is 49.0 Å². The minimum absolute atomic E-state index is 0.128. The molecule has 1 N–H and O–H groups in total. The molecule has 2 unspecified atom stereocenters. The van der Waals surface area contributed by atoms with Gasteiger partial charge in [-0.25, -0.2) is 8.42 Å². The Kier molecular flexibility index (Phi) is 7.35. The molecule has 9 heteroatoms. The summed E-state index contributed by atoms with van der Waals surface area (Å²) in [7, 11) is -3.66. The minimum atomic E-state index is -3.66. The van der Waals surface area contributed by atoms with Crippen molar-refractivity contribution >= 4 is 27.5 Å². The lowest BCUT2D eigenvalue weighted by atomic mass is 10.1. The highest BCUT2D eigenvalue weighted by Gasteiger charge is 2.32. The summed E-state index contributed by atoms with van der Waals surface area (Å²) < 4.78 is 33.1. The molecule has 4 rings (SSSR count). The number of carbonyl (C=O) groups excluding carboxylic acids is 2. The van der Waals surface area contributed by atoms with Crippen LogP contribution in [0, 0.1) is 0 Å². The van der Waals surface area contributed by atoms with E-state index in [4.69, 9.17) is 4.74 Å². The van der Waals surface area contributed by atoms with Gasteiger partial charge in [-0.3, -0.25) is 9.59 Å². The van der Waals surface area contributed by atoms with E-state index >= 15 is 0 Å². The molecule has 2 aromatic carbocycles. The molecule has 182 valence electrons. The standard InChI is InChI=1S/C25H31N3O5S/c1-18-16-27(17-19(2)33-18)34(31,32)23-11-9-21(10-12-23)25(30)26-15-20-6-5-7-22(14-20)28-13-4-3-8-24(28)29/h5-7,9-12,14,18-19H,3-4,8,13,15-17H2,1-2H3,(H,26,30). The number of morpholine rings is 1. The van der Waals surface area contributed by atoms with E-state index in [1.807, 2.05) is 38.1 Å². The number of nitrogens with one attached hydrogen (secondary N) is 1. The Morgan fingerprint density at radius 3 is 2.44 bits per heavy atom. The fourth-order valence-electron chi connectivity index (χ4n) is 4.45. The van der Waals surface area contributed by atoms with E-state index in [1.165, 1.54) is 28.6 Å². The molecule has 2 aliphatic rings. The molecule has 2 aromatic rings. The highest BCUT2D eigenvalue weighted by Crippen LogP contribution is 2.23. The Morgan fingerprint density at radius 1 is 1.06 bits per heavy atom. The Morgan fingerprint density at radius 2 is 1.76 bits per heavy atom. The van der Waals surface area contributed by atoms with Crippen LogP contribution >= 0.6 is 0 Å². The number of anilines is 1. The zero-order valence-electron chi connectivity index (χ0n) is 19.6. The number of carbonyl (C=O) groups is 2. The van der Waals surface area contributed by atoms with E-state index in [-0.39, 0.29) is 28.9 Å². The summed E-state index contributed by atoms with van der Waals surface area (Å²) in [5.41, 5.74) is 2.11. The molecular formula is C25H31N3O5S. The van der Waals surface area contributed by atoms with Gasteiger partial charge in [0, 0.05) is 43.9 Å². The molecule has 34 heavy (non-hydrogen) atoms. The summed E-state index contributed by atoms with van der Waals surface area (Å²) in [6.07, 6.45) is 2.14. The normalized spacial score (nSPS) is 21.9. The zero-order valence-corrected chi connectivity index (χ0v) is 20.4. The van der Waals surface area contributed by atoms with Crippen LogP contribution in [0.25, 0.3) is 0 Å². The number of hydrogen-bond acceptors (Lipinski definition) is 5. The van der Waals surface area contributed by atoms with Crippen molar-refractivity contribution < 1.29 is 22.7 Å². The monoisotopic (exact) mass is 485 g/mol. The Labute approximate surface area is 200 Å². The van der Waals surface area contributed by atoms with E-state index < -0.39 is 10.0 Å². The molecule has 0 radical (unpaired) electrons. The van der Waals surface area contributed by atoms with E-state index in [1.54, 1.807) is 4.90 Å². The first kappa shape index (κ1) is 24.4. The number of rotatable bonds is 6. The molecule has 0 bridgehead atoms. The number of amides is 2. The van der Waals surface area contributed by atoms with Crippen LogP contribution in [-0.4, -0.2) is 56.4 Å². The van der Waals surface area contributed by atoms with Gasteiger partial charge >= 0.3 is 0 Å². The topological polar surface area (TPSA) is 96.0 Å². The van der Waals surface area contributed by atoms with Crippen molar-refractivity contribution in [2.24, 2.45) is 0 Å². The largest absolute Gasteiger partial charge is 0.373 e. The Bertz CT molecular complexity index is 1140. The lowest BCUT2D eigenvalue weighted by Crippen LogP contribution is -2.48. The number of piperidine rings is 1. The van der Waals surface area contributed by atoms with Crippen LogP contribution in [-0.2, 0) is 26.1 Å². The van der Waals surface area contributed by atoms with Crippen molar-refractivity contribution in [1.29, 1.82) is 0 Å². The lowest BCUT2D eigenvalue weighted by molar-refractivity contribution is -0.119. The predicted molar refractivity (Wildman–Crippen MR) is 129 cm³/mol. The maximum Gasteiger partial charge on any atom is 0.251 e. The maximum atomic E-state index is 13.0. The van der Waals surface area contributed by atoms with E-state index in [2.05, 4.69) is 5.32 Å². The second-order valence-electron chi connectivity index (χ2n) is 8.96. The minimum Gasteiger partial charge on any atom is -0.373 e.